The molecule has 0 amide bonds. The topological polar surface area (TPSA) is 78.9 Å². The van der Waals surface area contributed by atoms with Gasteiger partial charge in [-0.05, 0) is 43.9 Å². The summed E-state index contributed by atoms with van der Waals surface area (Å²) in [6, 6.07) is 3.30. The van der Waals surface area contributed by atoms with Gasteiger partial charge in [-0.15, -0.1) is 0 Å². The zero-order chi connectivity index (χ0) is 18.3. The van der Waals surface area contributed by atoms with E-state index in [0.717, 1.165) is 5.56 Å². The van der Waals surface area contributed by atoms with Crippen molar-refractivity contribution in [3.05, 3.63) is 46.5 Å². The second kappa shape index (κ2) is 8.86. The number of carbonyl (C=O) groups is 3. The van der Waals surface area contributed by atoms with Crippen LogP contribution in [0.5, 0.6) is 0 Å². The summed E-state index contributed by atoms with van der Waals surface area (Å²) in [6.45, 7) is 6.96. The van der Waals surface area contributed by atoms with Crippen molar-refractivity contribution in [1.82, 2.24) is 0 Å². The average molecular weight is 334 g/mol. The van der Waals surface area contributed by atoms with Crippen LogP contribution in [0.3, 0.4) is 0 Å². The van der Waals surface area contributed by atoms with Crippen LogP contribution in [0.25, 0.3) is 0 Å². The number of rotatable bonds is 7. The highest BCUT2D eigenvalue weighted by Gasteiger charge is 2.21. The van der Waals surface area contributed by atoms with Crippen molar-refractivity contribution in [2.24, 2.45) is 0 Å². The van der Waals surface area contributed by atoms with Crippen molar-refractivity contribution < 1.29 is 28.6 Å². The first-order valence-corrected chi connectivity index (χ1v) is 7.45. The number of ether oxygens (including phenoxy) is 3. The van der Waals surface area contributed by atoms with Crippen molar-refractivity contribution in [1.29, 1.82) is 0 Å². The lowest BCUT2D eigenvalue weighted by atomic mass is 9.94. The molecular formula is C18H22O6. The molecule has 0 atom stereocenters. The second-order valence-electron chi connectivity index (χ2n) is 5.28. The van der Waals surface area contributed by atoms with Gasteiger partial charge in [-0.1, -0.05) is 12.6 Å². The minimum Gasteiger partial charge on any atom is -0.465 e. The van der Waals surface area contributed by atoms with Crippen LogP contribution in [0.4, 0.5) is 0 Å². The Morgan fingerprint density at radius 1 is 1.08 bits per heavy atom. The minimum absolute atomic E-state index is 0.212. The maximum Gasteiger partial charge on any atom is 0.338 e. The normalized spacial score (nSPS) is 10.0. The Morgan fingerprint density at radius 3 is 2.25 bits per heavy atom. The molecule has 0 aliphatic heterocycles. The standard InChI is InChI=1S/C18H22O6/c1-11(2)16(19)24-10-6-7-13-8-9-14(17(20)22-4)12(3)15(13)18(21)23-5/h8-9H,1,6-7,10H2,2-5H3. The van der Waals surface area contributed by atoms with E-state index in [1.807, 2.05) is 0 Å². The Bertz CT molecular complexity index is 660. The Labute approximate surface area is 141 Å². The van der Waals surface area contributed by atoms with Crippen LogP contribution in [0.15, 0.2) is 24.3 Å². The van der Waals surface area contributed by atoms with E-state index in [9.17, 15) is 14.4 Å². The molecule has 0 saturated heterocycles. The molecule has 0 bridgehead atoms. The lowest BCUT2D eigenvalue weighted by Gasteiger charge is -2.14. The van der Waals surface area contributed by atoms with Crippen LogP contribution < -0.4 is 0 Å². The Balaban J connectivity index is 2.96. The van der Waals surface area contributed by atoms with Crippen LogP contribution in [0.2, 0.25) is 0 Å². The molecule has 130 valence electrons. The fourth-order valence-electron chi connectivity index (χ4n) is 2.24. The largest absolute Gasteiger partial charge is 0.465 e. The molecule has 1 rings (SSSR count). The summed E-state index contributed by atoms with van der Waals surface area (Å²) < 4.78 is 14.6. The fraction of sp³-hybridized carbons (Fsp3) is 0.389. The maximum atomic E-state index is 12.1. The predicted octanol–water partition coefficient (Wildman–Crippen LogP) is 2.62. The van der Waals surface area contributed by atoms with Crippen molar-refractivity contribution in [2.45, 2.75) is 26.7 Å². The first-order chi connectivity index (χ1) is 11.3. The van der Waals surface area contributed by atoms with Crippen molar-refractivity contribution in [3.63, 3.8) is 0 Å². The van der Waals surface area contributed by atoms with Gasteiger partial charge in [0.2, 0.25) is 0 Å². The number of aryl methyl sites for hydroxylation is 1. The lowest BCUT2D eigenvalue weighted by Crippen LogP contribution is -2.14. The van der Waals surface area contributed by atoms with E-state index < -0.39 is 17.9 Å². The molecule has 0 aliphatic carbocycles. The Kier molecular flexibility index (Phi) is 7.17. The number of methoxy groups -OCH3 is 2. The SMILES string of the molecule is C=C(C)C(=O)OCCCc1ccc(C(=O)OC)c(C)c1C(=O)OC. The molecule has 0 aromatic heterocycles. The van der Waals surface area contributed by atoms with Gasteiger partial charge >= 0.3 is 17.9 Å². The minimum atomic E-state index is -0.521. The molecule has 0 unspecified atom stereocenters. The number of benzene rings is 1. The third kappa shape index (κ3) is 4.68. The molecular weight excluding hydrogens is 312 g/mol. The van der Waals surface area contributed by atoms with Gasteiger partial charge in [0.05, 0.1) is 32.0 Å². The van der Waals surface area contributed by atoms with E-state index >= 15 is 0 Å². The summed E-state index contributed by atoms with van der Waals surface area (Å²) >= 11 is 0. The third-order valence-corrected chi connectivity index (χ3v) is 3.52. The van der Waals surface area contributed by atoms with Crippen LogP contribution in [0, 0.1) is 6.92 Å². The first-order valence-electron chi connectivity index (χ1n) is 7.45. The number of hydrogen-bond acceptors (Lipinski definition) is 6. The van der Waals surface area contributed by atoms with Gasteiger partial charge in [-0.25, -0.2) is 14.4 Å². The summed E-state index contributed by atoms with van der Waals surface area (Å²) in [4.78, 5) is 35.2. The molecule has 0 spiro atoms. The zero-order valence-electron chi connectivity index (χ0n) is 14.4. The highest BCUT2D eigenvalue weighted by Crippen LogP contribution is 2.22. The Hall–Kier alpha value is -2.63. The van der Waals surface area contributed by atoms with Crippen molar-refractivity contribution >= 4 is 17.9 Å². The van der Waals surface area contributed by atoms with Crippen LogP contribution >= 0.6 is 0 Å². The van der Waals surface area contributed by atoms with Gasteiger partial charge in [0, 0.05) is 5.57 Å². The van der Waals surface area contributed by atoms with Gasteiger partial charge in [0.25, 0.3) is 0 Å². The third-order valence-electron chi connectivity index (χ3n) is 3.52. The lowest BCUT2D eigenvalue weighted by molar-refractivity contribution is -0.139. The monoisotopic (exact) mass is 334 g/mol. The summed E-state index contributed by atoms with van der Waals surface area (Å²) in [5, 5.41) is 0. The van der Waals surface area contributed by atoms with Gasteiger partial charge in [-0.3, -0.25) is 0 Å². The molecule has 6 nitrogen and oxygen atoms in total. The van der Waals surface area contributed by atoms with Gasteiger partial charge in [0.15, 0.2) is 0 Å². The quantitative estimate of drug-likeness (QED) is 0.330. The van der Waals surface area contributed by atoms with Crippen molar-refractivity contribution in [3.8, 4) is 0 Å². The highest BCUT2D eigenvalue weighted by molar-refractivity contribution is 5.99. The summed E-state index contributed by atoms with van der Waals surface area (Å²) in [5.41, 5.74) is 2.22. The highest BCUT2D eigenvalue weighted by atomic mass is 16.5. The average Bonchev–Trinajstić information content (AvgIpc) is 2.57. The first kappa shape index (κ1) is 19.4. The molecule has 0 aliphatic rings. The van der Waals surface area contributed by atoms with Gasteiger partial charge in [0.1, 0.15) is 0 Å². The molecule has 0 fully saturated rings. The van der Waals surface area contributed by atoms with E-state index in [1.54, 1.807) is 26.0 Å². The fourth-order valence-corrected chi connectivity index (χ4v) is 2.24. The molecule has 0 radical (unpaired) electrons. The molecule has 0 heterocycles. The Morgan fingerprint density at radius 2 is 1.71 bits per heavy atom. The number of hydrogen-bond donors (Lipinski definition) is 0. The maximum absolute atomic E-state index is 12.1. The van der Waals surface area contributed by atoms with E-state index in [1.165, 1.54) is 14.2 Å². The van der Waals surface area contributed by atoms with Crippen LogP contribution in [0.1, 0.15) is 45.2 Å². The van der Waals surface area contributed by atoms with Gasteiger partial charge in [-0.2, -0.15) is 0 Å². The molecule has 24 heavy (non-hydrogen) atoms. The number of carbonyl (C=O) groups excluding carboxylic acids is 3. The summed E-state index contributed by atoms with van der Waals surface area (Å²) in [6.07, 6.45) is 1.02. The second-order valence-corrected chi connectivity index (χ2v) is 5.28. The van der Waals surface area contributed by atoms with E-state index in [2.05, 4.69) is 6.58 Å². The summed E-state index contributed by atoms with van der Waals surface area (Å²) in [5.74, 6) is -1.48. The van der Waals surface area contributed by atoms with Crippen LogP contribution in [-0.4, -0.2) is 38.7 Å². The van der Waals surface area contributed by atoms with E-state index in [4.69, 9.17) is 14.2 Å². The smallest absolute Gasteiger partial charge is 0.338 e. The number of esters is 3. The van der Waals surface area contributed by atoms with Crippen molar-refractivity contribution in [2.75, 3.05) is 20.8 Å². The molecule has 1 aromatic rings. The summed E-state index contributed by atoms with van der Waals surface area (Å²) in [7, 11) is 2.56. The molecule has 0 N–H and O–H groups in total. The van der Waals surface area contributed by atoms with E-state index in [0.29, 0.717) is 35.1 Å². The van der Waals surface area contributed by atoms with Crippen LogP contribution in [-0.2, 0) is 25.4 Å². The zero-order valence-corrected chi connectivity index (χ0v) is 14.4. The van der Waals surface area contributed by atoms with Gasteiger partial charge < -0.3 is 14.2 Å². The molecule has 0 saturated carbocycles. The molecule has 6 heteroatoms. The molecule has 1 aromatic carbocycles. The predicted molar refractivity (Wildman–Crippen MR) is 88.0 cm³/mol. The van der Waals surface area contributed by atoms with E-state index in [-0.39, 0.29) is 6.61 Å².